The van der Waals surface area contributed by atoms with Gasteiger partial charge in [0.25, 0.3) is 0 Å². The Kier molecular flexibility index (Phi) is 5.16. The van der Waals surface area contributed by atoms with Gasteiger partial charge in [0.15, 0.2) is 10.4 Å². The fourth-order valence-electron chi connectivity index (χ4n) is 1.65. The number of rotatable bonds is 5. The maximum atomic E-state index is 11.8. The van der Waals surface area contributed by atoms with Crippen LogP contribution >= 0.6 is 15.9 Å². The van der Waals surface area contributed by atoms with Crippen LogP contribution < -0.4 is 10.2 Å². The molecule has 1 heterocycles. The number of carbonyl (C=O) groups excluding carboxylic acids is 1. The molecule has 1 amide bonds. The van der Waals surface area contributed by atoms with Crippen molar-refractivity contribution in [2.24, 2.45) is 5.10 Å². The van der Waals surface area contributed by atoms with Crippen LogP contribution in [0.2, 0.25) is 0 Å². The lowest BCUT2D eigenvalue weighted by Gasteiger charge is -2.05. The van der Waals surface area contributed by atoms with E-state index in [9.17, 15) is 4.79 Å². The molecule has 5 nitrogen and oxygen atoms in total. The number of benzene rings is 1. The van der Waals surface area contributed by atoms with E-state index in [2.05, 4.69) is 26.5 Å². The Labute approximate surface area is 131 Å². The number of hydrazone groups is 1. The van der Waals surface area contributed by atoms with E-state index in [1.807, 2.05) is 38.1 Å². The topological polar surface area (TPSA) is 63.8 Å². The van der Waals surface area contributed by atoms with Gasteiger partial charge in [-0.1, -0.05) is 0 Å². The number of furan rings is 1. The molecular formula is C15H15BrN2O3. The number of nitrogens with one attached hydrogen (secondary N) is 1. The summed E-state index contributed by atoms with van der Waals surface area (Å²) in [5, 5.41) is 4.06. The van der Waals surface area contributed by atoms with Crippen molar-refractivity contribution in [1.82, 2.24) is 5.43 Å². The smallest absolute Gasteiger partial charge is 0.307 e. The van der Waals surface area contributed by atoms with Gasteiger partial charge >= 0.3 is 5.91 Å². The van der Waals surface area contributed by atoms with E-state index in [-0.39, 0.29) is 5.76 Å². The molecule has 0 aliphatic heterocycles. The van der Waals surface area contributed by atoms with E-state index in [0.29, 0.717) is 17.0 Å². The normalized spacial score (nSPS) is 11.3. The van der Waals surface area contributed by atoms with E-state index in [1.165, 1.54) is 0 Å². The van der Waals surface area contributed by atoms with E-state index >= 15 is 0 Å². The second-order valence-corrected chi connectivity index (χ2v) is 4.98. The molecule has 1 aromatic carbocycles. The van der Waals surface area contributed by atoms with Crippen LogP contribution in [0.3, 0.4) is 0 Å². The average Bonchev–Trinajstić information content (AvgIpc) is 2.92. The van der Waals surface area contributed by atoms with E-state index in [1.54, 1.807) is 12.1 Å². The second kappa shape index (κ2) is 7.08. The van der Waals surface area contributed by atoms with Crippen molar-refractivity contribution in [3.05, 3.63) is 52.4 Å². The zero-order chi connectivity index (χ0) is 15.2. The molecule has 0 saturated heterocycles. The summed E-state index contributed by atoms with van der Waals surface area (Å²) in [7, 11) is 0. The Morgan fingerprint density at radius 2 is 2.00 bits per heavy atom. The van der Waals surface area contributed by atoms with Crippen LogP contribution in [0.1, 0.15) is 30.0 Å². The maximum Gasteiger partial charge on any atom is 0.307 e. The second-order valence-electron chi connectivity index (χ2n) is 4.20. The lowest BCUT2D eigenvalue weighted by atomic mass is 10.1. The molecule has 0 aliphatic carbocycles. The predicted molar refractivity (Wildman–Crippen MR) is 83.7 cm³/mol. The van der Waals surface area contributed by atoms with Gasteiger partial charge in [-0.25, -0.2) is 5.43 Å². The summed E-state index contributed by atoms with van der Waals surface area (Å²) in [6.07, 6.45) is 0. The maximum absolute atomic E-state index is 11.8. The molecule has 0 saturated carbocycles. The summed E-state index contributed by atoms with van der Waals surface area (Å²) >= 11 is 3.14. The molecular weight excluding hydrogens is 336 g/mol. The van der Waals surface area contributed by atoms with Gasteiger partial charge in [0.2, 0.25) is 0 Å². The third-order valence-corrected chi connectivity index (χ3v) is 3.13. The van der Waals surface area contributed by atoms with Crippen LogP contribution in [-0.2, 0) is 0 Å². The molecule has 0 fully saturated rings. The Morgan fingerprint density at radius 1 is 1.29 bits per heavy atom. The first-order chi connectivity index (χ1) is 10.1. The fourth-order valence-corrected chi connectivity index (χ4v) is 1.96. The van der Waals surface area contributed by atoms with Crippen LogP contribution in [0.5, 0.6) is 5.75 Å². The van der Waals surface area contributed by atoms with Gasteiger partial charge in [0.05, 0.1) is 12.3 Å². The third-order valence-electron chi connectivity index (χ3n) is 2.71. The molecule has 6 heteroatoms. The van der Waals surface area contributed by atoms with Crippen LogP contribution in [0.25, 0.3) is 0 Å². The minimum Gasteiger partial charge on any atom is -0.494 e. The van der Waals surface area contributed by atoms with Crippen LogP contribution in [0, 0.1) is 0 Å². The monoisotopic (exact) mass is 350 g/mol. The molecule has 1 aromatic heterocycles. The molecule has 21 heavy (non-hydrogen) atoms. The summed E-state index contributed by atoms with van der Waals surface area (Å²) in [6, 6.07) is 10.7. The van der Waals surface area contributed by atoms with Crippen molar-refractivity contribution in [2.45, 2.75) is 13.8 Å². The number of hydrogen-bond donors (Lipinski definition) is 1. The first kappa shape index (κ1) is 15.3. The van der Waals surface area contributed by atoms with Gasteiger partial charge in [-0.3, -0.25) is 4.79 Å². The summed E-state index contributed by atoms with van der Waals surface area (Å²) in [4.78, 5) is 11.8. The van der Waals surface area contributed by atoms with Crippen LogP contribution in [0.15, 0.2) is 50.6 Å². The Bertz CT molecular complexity index is 647. The molecule has 110 valence electrons. The average molecular weight is 351 g/mol. The molecule has 0 atom stereocenters. The molecule has 2 aromatic rings. The van der Waals surface area contributed by atoms with E-state index < -0.39 is 5.91 Å². The standard InChI is InChI=1S/C15H15BrN2O3/c1-3-20-12-6-4-11(5-7-12)10(2)17-18-15(19)13-8-9-14(16)21-13/h4-9H,3H2,1-2H3,(H,18,19)/b17-10+. The van der Waals surface area contributed by atoms with Crippen molar-refractivity contribution in [1.29, 1.82) is 0 Å². The number of halogens is 1. The summed E-state index contributed by atoms with van der Waals surface area (Å²) in [5.74, 6) is 0.606. The SMILES string of the molecule is CCOc1ccc(/C(C)=N/NC(=O)c2ccc(Br)o2)cc1. The summed E-state index contributed by atoms with van der Waals surface area (Å²) in [5.41, 5.74) is 4.05. The van der Waals surface area contributed by atoms with Crippen molar-refractivity contribution < 1.29 is 13.9 Å². The number of nitrogens with zero attached hydrogens (tertiary/aromatic N) is 1. The van der Waals surface area contributed by atoms with E-state index in [4.69, 9.17) is 9.15 Å². The Hall–Kier alpha value is -2.08. The highest BCUT2D eigenvalue weighted by Gasteiger charge is 2.09. The van der Waals surface area contributed by atoms with Crippen molar-refractivity contribution in [3.63, 3.8) is 0 Å². The first-order valence-electron chi connectivity index (χ1n) is 6.43. The molecule has 0 aliphatic rings. The van der Waals surface area contributed by atoms with Gasteiger partial charge in [-0.05, 0) is 71.7 Å². The number of carbonyl (C=O) groups is 1. The number of ether oxygens (including phenoxy) is 1. The Balaban J connectivity index is 2.01. The predicted octanol–water partition coefficient (Wildman–Crippen LogP) is 3.59. The zero-order valence-corrected chi connectivity index (χ0v) is 13.3. The molecule has 0 radical (unpaired) electrons. The lowest BCUT2D eigenvalue weighted by Crippen LogP contribution is -2.18. The molecule has 0 spiro atoms. The Morgan fingerprint density at radius 3 is 2.57 bits per heavy atom. The number of hydrogen-bond acceptors (Lipinski definition) is 4. The molecule has 2 rings (SSSR count). The highest BCUT2D eigenvalue weighted by molar-refractivity contribution is 9.10. The third kappa shape index (κ3) is 4.19. The summed E-state index contributed by atoms with van der Waals surface area (Å²) < 4.78 is 11.0. The zero-order valence-electron chi connectivity index (χ0n) is 11.7. The van der Waals surface area contributed by atoms with Gasteiger partial charge < -0.3 is 9.15 Å². The summed E-state index contributed by atoms with van der Waals surface area (Å²) in [6.45, 7) is 4.37. The van der Waals surface area contributed by atoms with Crippen LogP contribution in [0.4, 0.5) is 0 Å². The van der Waals surface area contributed by atoms with Crippen LogP contribution in [-0.4, -0.2) is 18.2 Å². The highest BCUT2D eigenvalue weighted by Crippen LogP contribution is 2.14. The number of amides is 1. The van der Waals surface area contributed by atoms with Gasteiger partial charge in [-0.2, -0.15) is 5.10 Å². The highest BCUT2D eigenvalue weighted by atomic mass is 79.9. The van der Waals surface area contributed by atoms with Gasteiger partial charge in [-0.15, -0.1) is 0 Å². The van der Waals surface area contributed by atoms with Crippen molar-refractivity contribution >= 4 is 27.5 Å². The molecule has 0 bridgehead atoms. The molecule has 1 N–H and O–H groups in total. The van der Waals surface area contributed by atoms with Crippen molar-refractivity contribution in [3.8, 4) is 5.75 Å². The van der Waals surface area contributed by atoms with E-state index in [0.717, 1.165) is 11.3 Å². The quantitative estimate of drug-likeness (QED) is 0.661. The van der Waals surface area contributed by atoms with Gasteiger partial charge in [0.1, 0.15) is 5.75 Å². The van der Waals surface area contributed by atoms with Crippen molar-refractivity contribution in [2.75, 3.05) is 6.61 Å². The largest absolute Gasteiger partial charge is 0.494 e. The van der Waals surface area contributed by atoms with Gasteiger partial charge in [0, 0.05) is 0 Å². The minimum atomic E-state index is -0.397. The fraction of sp³-hybridized carbons (Fsp3) is 0.200. The first-order valence-corrected chi connectivity index (χ1v) is 7.22. The molecule has 0 unspecified atom stereocenters. The minimum absolute atomic E-state index is 0.199. The lowest BCUT2D eigenvalue weighted by molar-refractivity contribution is 0.0926.